The van der Waals surface area contributed by atoms with Crippen molar-refractivity contribution in [2.45, 2.75) is 51.0 Å². The highest BCUT2D eigenvalue weighted by Crippen LogP contribution is 2.23. The molecule has 1 aromatic carbocycles. The highest BCUT2D eigenvalue weighted by Gasteiger charge is 2.34. The number of alkyl halides is 3. The third kappa shape index (κ3) is 7.16. The van der Waals surface area contributed by atoms with Gasteiger partial charge in [-0.2, -0.15) is 13.2 Å². The molecule has 1 aromatic rings. The summed E-state index contributed by atoms with van der Waals surface area (Å²) >= 11 is 0. The predicted octanol–water partition coefficient (Wildman–Crippen LogP) is 3.09. The van der Waals surface area contributed by atoms with Gasteiger partial charge < -0.3 is 10.6 Å². The molecule has 168 valence electrons. The Balaban J connectivity index is 1.39. The van der Waals surface area contributed by atoms with Crippen molar-refractivity contribution in [2.75, 3.05) is 39.8 Å². The average Bonchev–Trinajstić information content (AvgIpc) is 3.13. The minimum atomic E-state index is -4.12. The monoisotopic (exact) mass is 425 g/mol. The number of halogens is 3. The molecule has 3 rings (SSSR count). The minimum Gasteiger partial charge on any atom is -0.356 e. The third-order valence-corrected chi connectivity index (χ3v) is 6.14. The lowest BCUT2D eigenvalue weighted by atomic mass is 9.97. The Morgan fingerprint density at radius 3 is 2.60 bits per heavy atom. The van der Waals surface area contributed by atoms with E-state index in [4.69, 9.17) is 0 Å². The Hall–Kier alpha value is -1.80. The molecule has 0 radical (unpaired) electrons. The topological polar surface area (TPSA) is 42.9 Å². The molecule has 2 aliphatic rings. The predicted molar refractivity (Wildman–Crippen MR) is 114 cm³/mol. The van der Waals surface area contributed by atoms with Crippen LogP contribution in [0.2, 0.25) is 0 Å². The number of piperidine rings is 1. The lowest BCUT2D eigenvalue weighted by Crippen LogP contribution is -2.51. The van der Waals surface area contributed by atoms with Crippen LogP contribution in [0.4, 0.5) is 13.2 Å². The molecular formula is C22H34F3N5. The first-order chi connectivity index (χ1) is 14.3. The van der Waals surface area contributed by atoms with Gasteiger partial charge in [0.1, 0.15) is 0 Å². The summed E-state index contributed by atoms with van der Waals surface area (Å²) in [5.41, 5.74) is 1.34. The van der Waals surface area contributed by atoms with Crippen LogP contribution in [-0.4, -0.2) is 73.8 Å². The Kier molecular flexibility index (Phi) is 7.99. The van der Waals surface area contributed by atoms with Crippen LogP contribution in [0.3, 0.4) is 0 Å². The van der Waals surface area contributed by atoms with Crippen molar-refractivity contribution in [1.82, 2.24) is 20.4 Å². The van der Waals surface area contributed by atoms with Crippen molar-refractivity contribution >= 4 is 5.96 Å². The Bertz CT molecular complexity index is 679. The second kappa shape index (κ2) is 10.5. The maximum absolute atomic E-state index is 12.6. The molecule has 0 aromatic heterocycles. The zero-order valence-corrected chi connectivity index (χ0v) is 18.0. The summed E-state index contributed by atoms with van der Waals surface area (Å²) < 4.78 is 37.7. The number of aliphatic imine (C=N–C) groups is 1. The van der Waals surface area contributed by atoms with E-state index in [1.807, 2.05) is 6.07 Å². The molecule has 0 bridgehead atoms. The van der Waals surface area contributed by atoms with Crippen LogP contribution in [0.15, 0.2) is 35.3 Å². The van der Waals surface area contributed by atoms with Crippen LogP contribution < -0.4 is 10.6 Å². The molecule has 3 atom stereocenters. The van der Waals surface area contributed by atoms with Crippen LogP contribution in [-0.2, 0) is 6.54 Å². The lowest BCUT2D eigenvalue weighted by Gasteiger charge is -2.38. The first-order valence-corrected chi connectivity index (χ1v) is 10.9. The van der Waals surface area contributed by atoms with Gasteiger partial charge in [-0.1, -0.05) is 30.3 Å². The molecule has 2 N–H and O–H groups in total. The quantitative estimate of drug-likeness (QED) is 0.543. The molecule has 8 heteroatoms. The smallest absolute Gasteiger partial charge is 0.356 e. The molecule has 30 heavy (non-hydrogen) atoms. The van der Waals surface area contributed by atoms with Gasteiger partial charge in [0.05, 0.1) is 6.54 Å². The van der Waals surface area contributed by atoms with Crippen LogP contribution in [0.25, 0.3) is 0 Å². The number of likely N-dealkylation sites (tertiary alicyclic amines) is 2. The number of rotatable bonds is 6. The summed E-state index contributed by atoms with van der Waals surface area (Å²) in [4.78, 5) is 8.32. The van der Waals surface area contributed by atoms with E-state index in [2.05, 4.69) is 51.7 Å². The van der Waals surface area contributed by atoms with E-state index in [0.29, 0.717) is 31.7 Å². The van der Waals surface area contributed by atoms with E-state index in [9.17, 15) is 13.2 Å². The standard InChI is InChI=1S/C22H34F3N5/c1-17-12-20(9-11-30(17)15-18-6-4-3-5-7-18)28-21(26-2)27-13-19-8-10-29(14-19)16-22(23,24)25/h3-7,17,19-20H,8-16H2,1-2H3,(H2,26,27,28). The van der Waals surface area contributed by atoms with Crippen molar-refractivity contribution in [3.63, 3.8) is 0 Å². The van der Waals surface area contributed by atoms with Crippen molar-refractivity contribution in [3.05, 3.63) is 35.9 Å². The normalized spacial score (nSPS) is 26.7. The Labute approximate surface area is 177 Å². The maximum Gasteiger partial charge on any atom is 0.401 e. The fourth-order valence-electron chi connectivity index (χ4n) is 4.51. The zero-order chi connectivity index (χ0) is 21.6. The Morgan fingerprint density at radius 2 is 1.93 bits per heavy atom. The number of nitrogens with zero attached hydrogens (tertiary/aromatic N) is 3. The summed E-state index contributed by atoms with van der Waals surface area (Å²) in [6.45, 7) is 5.10. The van der Waals surface area contributed by atoms with E-state index >= 15 is 0 Å². The number of nitrogens with one attached hydrogen (secondary N) is 2. The number of hydrogen-bond acceptors (Lipinski definition) is 3. The third-order valence-electron chi connectivity index (χ3n) is 6.14. The van der Waals surface area contributed by atoms with E-state index in [-0.39, 0.29) is 5.92 Å². The van der Waals surface area contributed by atoms with Crippen LogP contribution in [0.1, 0.15) is 31.7 Å². The first-order valence-electron chi connectivity index (χ1n) is 10.9. The second-order valence-corrected chi connectivity index (χ2v) is 8.63. The van der Waals surface area contributed by atoms with Crippen LogP contribution in [0, 0.1) is 5.92 Å². The summed E-state index contributed by atoms with van der Waals surface area (Å²) in [7, 11) is 1.74. The molecule has 3 unspecified atom stereocenters. The molecule has 0 spiro atoms. The largest absolute Gasteiger partial charge is 0.401 e. The van der Waals surface area contributed by atoms with Crippen molar-refractivity contribution < 1.29 is 13.2 Å². The van der Waals surface area contributed by atoms with Gasteiger partial charge in [-0.15, -0.1) is 0 Å². The summed E-state index contributed by atoms with van der Waals surface area (Å²) in [6, 6.07) is 11.4. The van der Waals surface area contributed by atoms with Crippen molar-refractivity contribution in [3.8, 4) is 0 Å². The van der Waals surface area contributed by atoms with E-state index in [1.165, 1.54) is 10.5 Å². The minimum absolute atomic E-state index is 0.220. The second-order valence-electron chi connectivity index (χ2n) is 8.63. The fourth-order valence-corrected chi connectivity index (χ4v) is 4.51. The summed E-state index contributed by atoms with van der Waals surface area (Å²) in [5.74, 6) is 0.968. The molecule has 2 aliphatic heterocycles. The lowest BCUT2D eigenvalue weighted by molar-refractivity contribution is -0.143. The average molecular weight is 426 g/mol. The first kappa shape index (κ1) is 22.9. The molecular weight excluding hydrogens is 391 g/mol. The SMILES string of the molecule is CN=C(NCC1CCN(CC(F)(F)F)C1)NC1CCN(Cc2ccccc2)C(C)C1. The Morgan fingerprint density at radius 1 is 1.17 bits per heavy atom. The molecule has 0 aliphatic carbocycles. The fraction of sp³-hybridized carbons (Fsp3) is 0.682. The van der Waals surface area contributed by atoms with E-state index in [0.717, 1.165) is 38.3 Å². The number of guanidine groups is 1. The van der Waals surface area contributed by atoms with Gasteiger partial charge in [0.2, 0.25) is 0 Å². The van der Waals surface area contributed by atoms with Gasteiger partial charge in [-0.3, -0.25) is 14.8 Å². The van der Waals surface area contributed by atoms with Crippen LogP contribution >= 0.6 is 0 Å². The van der Waals surface area contributed by atoms with Gasteiger partial charge in [0.15, 0.2) is 5.96 Å². The summed E-state index contributed by atoms with van der Waals surface area (Å²) in [5, 5.41) is 6.84. The number of hydrogen-bond donors (Lipinski definition) is 2. The van der Waals surface area contributed by atoms with E-state index in [1.54, 1.807) is 7.05 Å². The highest BCUT2D eigenvalue weighted by atomic mass is 19.4. The van der Waals surface area contributed by atoms with Gasteiger partial charge in [0.25, 0.3) is 0 Å². The molecule has 2 fully saturated rings. The van der Waals surface area contributed by atoms with Gasteiger partial charge in [0, 0.05) is 45.3 Å². The highest BCUT2D eigenvalue weighted by molar-refractivity contribution is 5.80. The molecule has 5 nitrogen and oxygen atoms in total. The number of benzene rings is 1. The van der Waals surface area contributed by atoms with Gasteiger partial charge in [-0.25, -0.2) is 0 Å². The van der Waals surface area contributed by atoms with E-state index < -0.39 is 12.7 Å². The molecule has 0 amide bonds. The van der Waals surface area contributed by atoms with Crippen molar-refractivity contribution in [1.29, 1.82) is 0 Å². The van der Waals surface area contributed by atoms with Gasteiger partial charge in [-0.05, 0) is 44.2 Å². The van der Waals surface area contributed by atoms with Crippen molar-refractivity contribution in [2.24, 2.45) is 10.9 Å². The maximum atomic E-state index is 12.6. The molecule has 2 saturated heterocycles. The molecule has 0 saturated carbocycles. The van der Waals surface area contributed by atoms with Gasteiger partial charge >= 0.3 is 6.18 Å². The summed E-state index contributed by atoms with van der Waals surface area (Å²) in [6.07, 6.45) is -1.25. The van der Waals surface area contributed by atoms with Crippen LogP contribution in [0.5, 0.6) is 0 Å². The zero-order valence-electron chi connectivity index (χ0n) is 18.0. The molecule has 2 heterocycles.